The number of benzene rings is 2. The first-order valence-electron chi connectivity index (χ1n) is 11.0. The number of hydrogen-bond acceptors (Lipinski definition) is 4. The Balaban J connectivity index is 1.76. The highest BCUT2D eigenvalue weighted by atomic mass is 35.5. The van der Waals surface area contributed by atoms with Crippen molar-refractivity contribution < 1.29 is 19.4 Å². The number of aromatic nitrogens is 1. The van der Waals surface area contributed by atoms with Gasteiger partial charge in [-0.2, -0.15) is 0 Å². The molecule has 2 N–H and O–H groups in total. The Hall–Kier alpha value is -2.83. The fourth-order valence-electron chi connectivity index (χ4n) is 3.74. The summed E-state index contributed by atoms with van der Waals surface area (Å²) in [5.41, 5.74) is 3.44. The highest BCUT2D eigenvalue weighted by molar-refractivity contribution is 6.35. The van der Waals surface area contributed by atoms with Crippen molar-refractivity contribution in [2.75, 3.05) is 6.61 Å². The minimum absolute atomic E-state index is 0.157. The molecule has 1 atom stereocenters. The number of aryl methyl sites for hydroxylation is 2. The number of esters is 1. The second-order valence-electron chi connectivity index (χ2n) is 9.17. The van der Waals surface area contributed by atoms with Crippen molar-refractivity contribution in [3.63, 3.8) is 0 Å². The Morgan fingerprint density at radius 2 is 1.79 bits per heavy atom. The van der Waals surface area contributed by atoms with Gasteiger partial charge in [0.05, 0.1) is 29.6 Å². The summed E-state index contributed by atoms with van der Waals surface area (Å²) in [5, 5.41) is 14.2. The summed E-state index contributed by atoms with van der Waals surface area (Å²) >= 11 is 6.43. The third kappa shape index (κ3) is 5.95. The molecular formula is C26H31ClN2O4. The smallest absolute Gasteiger partial charge is 0.310 e. The number of amides is 1. The second kappa shape index (κ2) is 9.98. The lowest BCUT2D eigenvalue weighted by atomic mass is 10.0. The van der Waals surface area contributed by atoms with Crippen molar-refractivity contribution >= 4 is 34.4 Å². The number of rotatable bonds is 7. The second-order valence-corrected chi connectivity index (χ2v) is 9.57. The highest BCUT2D eigenvalue weighted by Crippen LogP contribution is 2.29. The van der Waals surface area contributed by atoms with Crippen LogP contribution in [-0.2, 0) is 29.4 Å². The Bertz CT molecular complexity index is 1160. The predicted molar refractivity (Wildman–Crippen MR) is 131 cm³/mol. The molecule has 33 heavy (non-hydrogen) atoms. The summed E-state index contributed by atoms with van der Waals surface area (Å²) in [5.74, 6) is -0.609. The van der Waals surface area contributed by atoms with Crippen LogP contribution in [-0.4, -0.2) is 33.8 Å². The molecule has 3 aromatic rings. The number of aliphatic hydroxyl groups is 1. The molecule has 0 bridgehead atoms. The molecule has 1 unspecified atom stereocenters. The first-order valence-corrected chi connectivity index (χ1v) is 11.4. The van der Waals surface area contributed by atoms with Gasteiger partial charge in [0.1, 0.15) is 11.3 Å². The molecule has 1 heterocycles. The molecule has 2 aromatic carbocycles. The Labute approximate surface area is 199 Å². The Morgan fingerprint density at radius 1 is 1.12 bits per heavy atom. The molecular weight excluding hydrogens is 440 g/mol. The van der Waals surface area contributed by atoms with Gasteiger partial charge >= 0.3 is 5.97 Å². The van der Waals surface area contributed by atoms with Gasteiger partial charge in [0, 0.05) is 12.4 Å². The van der Waals surface area contributed by atoms with E-state index in [-0.39, 0.29) is 24.9 Å². The van der Waals surface area contributed by atoms with Crippen molar-refractivity contribution in [2.45, 2.75) is 52.2 Å². The summed E-state index contributed by atoms with van der Waals surface area (Å²) in [6.07, 6.45) is 1.00. The molecule has 0 aliphatic carbocycles. The van der Waals surface area contributed by atoms with Crippen molar-refractivity contribution in [1.82, 2.24) is 9.88 Å². The van der Waals surface area contributed by atoms with Gasteiger partial charge in [0.25, 0.3) is 5.91 Å². The van der Waals surface area contributed by atoms with Gasteiger partial charge in [-0.25, -0.2) is 0 Å². The van der Waals surface area contributed by atoms with Crippen LogP contribution in [0.2, 0.25) is 5.02 Å². The lowest BCUT2D eigenvalue weighted by Gasteiger charge is -2.20. The van der Waals surface area contributed by atoms with Gasteiger partial charge in [0.2, 0.25) is 0 Å². The average molecular weight is 471 g/mol. The van der Waals surface area contributed by atoms with E-state index in [1.54, 1.807) is 30.3 Å². The molecule has 0 aliphatic rings. The molecule has 0 fully saturated rings. The highest BCUT2D eigenvalue weighted by Gasteiger charge is 2.20. The molecule has 0 saturated heterocycles. The number of ether oxygens (including phenoxy) is 1. The number of carbonyl (C=O) groups is 2. The molecule has 0 saturated carbocycles. The van der Waals surface area contributed by atoms with Crippen LogP contribution >= 0.6 is 11.6 Å². The maximum Gasteiger partial charge on any atom is 0.310 e. The van der Waals surface area contributed by atoms with E-state index in [1.165, 1.54) is 0 Å². The van der Waals surface area contributed by atoms with E-state index in [0.29, 0.717) is 10.7 Å². The first-order chi connectivity index (χ1) is 15.5. The van der Waals surface area contributed by atoms with Gasteiger partial charge in [-0.05, 0) is 62.1 Å². The standard InChI is InChI=1S/C26H31ClN2O4/c1-6-16-11-20(27)19-14-23(29(5)22(19)12-16)25(32)28-21(15-30)18-9-7-17(8-10-18)13-24(31)33-26(2,3)4/h7-12,14,21,30H,6,13,15H2,1-5H3,(H,28,32). The predicted octanol–water partition coefficient (Wildman–Crippen LogP) is 4.74. The van der Waals surface area contributed by atoms with Crippen LogP contribution in [0.4, 0.5) is 0 Å². The zero-order chi connectivity index (χ0) is 24.3. The van der Waals surface area contributed by atoms with Crippen LogP contribution in [0.5, 0.6) is 0 Å². The van der Waals surface area contributed by atoms with Gasteiger partial charge < -0.3 is 19.7 Å². The third-order valence-corrected chi connectivity index (χ3v) is 5.76. The summed E-state index contributed by atoms with van der Waals surface area (Å²) in [6, 6.07) is 12.3. The monoisotopic (exact) mass is 470 g/mol. The third-order valence-electron chi connectivity index (χ3n) is 5.45. The molecule has 0 spiro atoms. The van der Waals surface area contributed by atoms with Crippen molar-refractivity contribution in [1.29, 1.82) is 0 Å². The maximum absolute atomic E-state index is 13.0. The summed E-state index contributed by atoms with van der Waals surface area (Å²) in [6.45, 7) is 7.28. The van der Waals surface area contributed by atoms with Crippen molar-refractivity contribution in [2.24, 2.45) is 7.05 Å². The van der Waals surface area contributed by atoms with E-state index < -0.39 is 11.6 Å². The van der Waals surface area contributed by atoms with Gasteiger partial charge in [-0.3, -0.25) is 9.59 Å². The van der Waals surface area contributed by atoms with Gasteiger partial charge in [0.15, 0.2) is 0 Å². The maximum atomic E-state index is 13.0. The van der Waals surface area contributed by atoms with E-state index in [9.17, 15) is 14.7 Å². The van der Waals surface area contributed by atoms with E-state index in [0.717, 1.165) is 34.0 Å². The molecule has 0 radical (unpaired) electrons. The number of aliphatic hydroxyl groups excluding tert-OH is 1. The Kier molecular flexibility index (Phi) is 7.50. The number of fused-ring (bicyclic) bond motifs is 1. The molecule has 176 valence electrons. The average Bonchev–Trinajstić information content (AvgIpc) is 3.08. The quantitative estimate of drug-likeness (QED) is 0.488. The SMILES string of the molecule is CCc1cc(Cl)c2cc(C(=O)NC(CO)c3ccc(CC(=O)OC(C)(C)C)cc3)n(C)c2c1. The molecule has 7 heteroatoms. The van der Waals surface area contributed by atoms with Crippen LogP contribution in [0.3, 0.4) is 0 Å². The van der Waals surface area contributed by atoms with E-state index in [1.807, 2.05) is 44.5 Å². The number of hydrogen-bond donors (Lipinski definition) is 2. The number of nitrogens with one attached hydrogen (secondary N) is 1. The molecule has 6 nitrogen and oxygen atoms in total. The number of nitrogens with zero attached hydrogens (tertiary/aromatic N) is 1. The van der Waals surface area contributed by atoms with Crippen LogP contribution in [0.25, 0.3) is 10.9 Å². The number of carbonyl (C=O) groups excluding carboxylic acids is 2. The van der Waals surface area contributed by atoms with Crippen LogP contribution < -0.4 is 5.32 Å². The van der Waals surface area contributed by atoms with E-state index >= 15 is 0 Å². The normalized spacial score (nSPS) is 12.6. The Morgan fingerprint density at radius 3 is 2.36 bits per heavy atom. The molecule has 1 aromatic heterocycles. The first kappa shape index (κ1) is 24.8. The zero-order valence-electron chi connectivity index (χ0n) is 19.7. The molecule has 0 aliphatic heterocycles. The fraction of sp³-hybridized carbons (Fsp3) is 0.385. The summed E-state index contributed by atoms with van der Waals surface area (Å²) < 4.78 is 7.17. The summed E-state index contributed by atoms with van der Waals surface area (Å²) in [7, 11) is 1.83. The lowest BCUT2D eigenvalue weighted by Crippen LogP contribution is -2.32. The van der Waals surface area contributed by atoms with Gasteiger partial charge in [-0.1, -0.05) is 42.8 Å². The van der Waals surface area contributed by atoms with Crippen LogP contribution in [0.15, 0.2) is 42.5 Å². The van der Waals surface area contributed by atoms with E-state index in [4.69, 9.17) is 16.3 Å². The zero-order valence-corrected chi connectivity index (χ0v) is 20.5. The van der Waals surface area contributed by atoms with Crippen molar-refractivity contribution in [3.8, 4) is 0 Å². The summed E-state index contributed by atoms with van der Waals surface area (Å²) in [4.78, 5) is 25.1. The fourth-order valence-corrected chi connectivity index (χ4v) is 4.03. The largest absolute Gasteiger partial charge is 0.460 e. The van der Waals surface area contributed by atoms with Crippen LogP contribution in [0, 0.1) is 0 Å². The van der Waals surface area contributed by atoms with E-state index in [2.05, 4.69) is 12.2 Å². The van der Waals surface area contributed by atoms with Crippen molar-refractivity contribution in [3.05, 3.63) is 69.9 Å². The van der Waals surface area contributed by atoms with Gasteiger partial charge in [-0.15, -0.1) is 0 Å². The minimum atomic E-state index is -0.590. The lowest BCUT2D eigenvalue weighted by molar-refractivity contribution is -0.153. The topological polar surface area (TPSA) is 80.6 Å². The van der Waals surface area contributed by atoms with Crippen LogP contribution in [0.1, 0.15) is 60.9 Å². The molecule has 1 amide bonds. The number of halogens is 1. The minimum Gasteiger partial charge on any atom is -0.460 e. The molecule has 3 rings (SSSR count).